The fraction of sp³-hybridized carbons (Fsp3) is 0.405. The van der Waals surface area contributed by atoms with Crippen molar-refractivity contribution in [3.8, 4) is 22.3 Å². The average Bonchev–Trinajstić information content (AvgIpc) is 3.75. The molecule has 4 aromatic carbocycles. The van der Waals surface area contributed by atoms with Crippen LogP contribution in [0, 0.1) is 5.92 Å². The van der Waals surface area contributed by atoms with Crippen LogP contribution in [-0.2, 0) is 60.5 Å². The number of nitrogens with zero attached hydrogens (tertiary/aromatic N) is 1. The standard InChI is InChI=1S/C42H52N4O7S3/c1-7-54(48,49)44-39-13-9-11-31(21-39)33-15-17-35-24-41(25-37(35)19-33)46(56(52,53)28(4)5)26-29(6)42(47)43-38-12-8-10-30(20-38)32-14-16-34-22-40(23-36(34)18-32)45-55(50,51)27(2)3/h8-21,27-29,40-41,44-45H,7,22-26H2,1-6H3,(H,43,47). The molecule has 3 atom stereocenters. The first kappa shape index (κ1) is 41.6. The van der Waals surface area contributed by atoms with Crippen LogP contribution in [0.25, 0.3) is 22.3 Å². The number of carbonyl (C=O) groups is 1. The third-order valence-corrected chi connectivity index (χ3v) is 16.3. The second-order valence-corrected chi connectivity index (χ2v) is 22.3. The van der Waals surface area contributed by atoms with E-state index in [-0.39, 0.29) is 30.3 Å². The SMILES string of the molecule is CCS(=O)(=O)Nc1cccc(-c2ccc3c(c2)CC(N(CC(C)C(=O)Nc2cccc(-c4ccc5c(c4)CC(NS(=O)(=O)C(C)C)C5)c2)S(=O)(=O)C(C)C)C3)c1. The maximum absolute atomic E-state index is 13.9. The molecule has 0 spiro atoms. The smallest absolute Gasteiger partial charge is 0.232 e. The third-order valence-electron chi connectivity index (χ3n) is 10.8. The maximum atomic E-state index is 13.9. The molecule has 56 heavy (non-hydrogen) atoms. The number of benzene rings is 4. The number of hydrogen-bond acceptors (Lipinski definition) is 7. The van der Waals surface area contributed by atoms with Crippen molar-refractivity contribution in [3.05, 3.63) is 107 Å². The zero-order valence-corrected chi connectivity index (χ0v) is 35.2. The highest BCUT2D eigenvalue weighted by molar-refractivity contribution is 7.92. The van der Waals surface area contributed by atoms with Gasteiger partial charge in [-0.3, -0.25) is 9.52 Å². The molecule has 14 heteroatoms. The minimum Gasteiger partial charge on any atom is -0.326 e. The van der Waals surface area contributed by atoms with E-state index in [0.717, 1.165) is 44.5 Å². The first-order valence-electron chi connectivity index (χ1n) is 19.1. The molecule has 0 aliphatic heterocycles. The number of anilines is 2. The van der Waals surface area contributed by atoms with Gasteiger partial charge in [0.15, 0.2) is 0 Å². The van der Waals surface area contributed by atoms with E-state index < -0.39 is 46.5 Å². The summed E-state index contributed by atoms with van der Waals surface area (Å²) in [5.41, 5.74) is 8.90. The van der Waals surface area contributed by atoms with Gasteiger partial charge in [-0.1, -0.05) is 67.6 Å². The van der Waals surface area contributed by atoms with Crippen LogP contribution < -0.4 is 14.8 Å². The topological polar surface area (TPSA) is 159 Å². The van der Waals surface area contributed by atoms with Crippen molar-refractivity contribution in [2.45, 2.75) is 89.8 Å². The van der Waals surface area contributed by atoms with Crippen molar-refractivity contribution in [1.82, 2.24) is 9.03 Å². The minimum absolute atomic E-state index is 0.0176. The molecule has 3 N–H and O–H groups in total. The molecular formula is C42H52N4O7S3. The molecule has 0 saturated heterocycles. The minimum atomic E-state index is -3.75. The van der Waals surface area contributed by atoms with Crippen molar-refractivity contribution in [3.63, 3.8) is 0 Å². The van der Waals surface area contributed by atoms with Gasteiger partial charge in [-0.05, 0) is 129 Å². The predicted octanol–water partition coefficient (Wildman–Crippen LogP) is 6.36. The first-order valence-corrected chi connectivity index (χ1v) is 23.8. The Morgan fingerprint density at radius 2 is 1.18 bits per heavy atom. The molecule has 1 amide bonds. The quantitative estimate of drug-likeness (QED) is 0.126. The summed E-state index contributed by atoms with van der Waals surface area (Å²) in [6.07, 6.45) is 2.23. The lowest BCUT2D eigenvalue weighted by Crippen LogP contribution is -2.47. The van der Waals surface area contributed by atoms with Gasteiger partial charge in [0, 0.05) is 35.9 Å². The molecule has 300 valence electrons. The fourth-order valence-corrected chi connectivity index (χ4v) is 10.4. The van der Waals surface area contributed by atoms with Crippen LogP contribution in [0.15, 0.2) is 84.9 Å². The molecule has 0 fully saturated rings. The van der Waals surface area contributed by atoms with Gasteiger partial charge < -0.3 is 5.32 Å². The molecular weight excluding hydrogens is 769 g/mol. The zero-order valence-electron chi connectivity index (χ0n) is 32.7. The summed E-state index contributed by atoms with van der Waals surface area (Å²) in [5.74, 6) is -0.988. The van der Waals surface area contributed by atoms with E-state index in [1.54, 1.807) is 65.8 Å². The maximum Gasteiger partial charge on any atom is 0.232 e. The van der Waals surface area contributed by atoms with E-state index in [4.69, 9.17) is 0 Å². The number of nitrogens with one attached hydrogen (secondary N) is 3. The Kier molecular flexibility index (Phi) is 12.2. The van der Waals surface area contributed by atoms with E-state index in [9.17, 15) is 30.0 Å². The van der Waals surface area contributed by atoms with Gasteiger partial charge in [-0.25, -0.2) is 30.0 Å². The summed E-state index contributed by atoms with van der Waals surface area (Å²) in [6.45, 7) is 9.98. The Balaban J connectivity index is 1.14. The number of fused-ring (bicyclic) bond motifs is 2. The molecule has 0 heterocycles. The Morgan fingerprint density at radius 3 is 1.77 bits per heavy atom. The summed E-state index contributed by atoms with van der Waals surface area (Å²) in [5, 5.41) is 1.83. The van der Waals surface area contributed by atoms with E-state index >= 15 is 0 Å². The largest absolute Gasteiger partial charge is 0.326 e. The Morgan fingerprint density at radius 1 is 0.661 bits per heavy atom. The predicted molar refractivity (Wildman–Crippen MR) is 225 cm³/mol. The average molecular weight is 821 g/mol. The second kappa shape index (κ2) is 16.4. The van der Waals surface area contributed by atoms with Crippen molar-refractivity contribution >= 4 is 47.4 Å². The highest BCUT2D eigenvalue weighted by Gasteiger charge is 2.38. The number of carbonyl (C=O) groups excluding carboxylic acids is 1. The zero-order chi connectivity index (χ0) is 40.6. The van der Waals surface area contributed by atoms with Crippen LogP contribution in [0.4, 0.5) is 11.4 Å². The van der Waals surface area contributed by atoms with E-state index in [1.165, 1.54) is 4.31 Å². The van der Waals surface area contributed by atoms with Crippen LogP contribution in [0.1, 0.15) is 63.8 Å². The lowest BCUT2D eigenvalue weighted by molar-refractivity contribution is -0.119. The molecule has 0 aromatic heterocycles. The van der Waals surface area contributed by atoms with Gasteiger partial charge in [0.1, 0.15) is 0 Å². The Bertz CT molecular complexity index is 2450. The number of hydrogen-bond donors (Lipinski definition) is 3. The molecule has 4 aromatic rings. The Hall–Kier alpha value is -4.08. The molecule has 6 rings (SSSR count). The highest BCUT2D eigenvalue weighted by Crippen LogP contribution is 2.34. The third kappa shape index (κ3) is 9.37. The lowest BCUT2D eigenvalue weighted by Gasteiger charge is -2.31. The van der Waals surface area contributed by atoms with Crippen LogP contribution in [0.3, 0.4) is 0 Å². The van der Waals surface area contributed by atoms with Crippen molar-refractivity contribution in [1.29, 1.82) is 0 Å². The summed E-state index contributed by atoms with van der Waals surface area (Å²) in [7, 11) is -10.6. The highest BCUT2D eigenvalue weighted by atomic mass is 32.2. The van der Waals surface area contributed by atoms with Gasteiger partial charge in [0.05, 0.1) is 16.3 Å². The summed E-state index contributed by atoms with van der Waals surface area (Å²) < 4.78 is 83.9. The normalized spacial score (nSPS) is 17.6. The van der Waals surface area contributed by atoms with Gasteiger partial charge in [-0.2, -0.15) is 4.31 Å². The number of rotatable bonds is 15. The number of sulfonamides is 3. The van der Waals surface area contributed by atoms with Gasteiger partial charge in [-0.15, -0.1) is 0 Å². The lowest BCUT2D eigenvalue weighted by atomic mass is 10.00. The van der Waals surface area contributed by atoms with Gasteiger partial charge >= 0.3 is 0 Å². The van der Waals surface area contributed by atoms with E-state index in [0.29, 0.717) is 37.1 Å². The molecule has 3 unspecified atom stereocenters. The second-order valence-electron chi connectivity index (χ2n) is 15.6. The van der Waals surface area contributed by atoms with Crippen LogP contribution in [-0.4, -0.2) is 70.3 Å². The van der Waals surface area contributed by atoms with Crippen LogP contribution >= 0.6 is 0 Å². The van der Waals surface area contributed by atoms with Crippen LogP contribution in [0.5, 0.6) is 0 Å². The monoisotopic (exact) mass is 820 g/mol. The molecule has 0 bridgehead atoms. The molecule has 2 aliphatic carbocycles. The molecule has 0 saturated carbocycles. The van der Waals surface area contributed by atoms with Crippen LogP contribution in [0.2, 0.25) is 0 Å². The molecule has 11 nitrogen and oxygen atoms in total. The van der Waals surface area contributed by atoms with E-state index in [2.05, 4.69) is 20.8 Å². The molecule has 2 aliphatic rings. The summed E-state index contributed by atoms with van der Waals surface area (Å²) in [4.78, 5) is 13.7. The summed E-state index contributed by atoms with van der Waals surface area (Å²) >= 11 is 0. The summed E-state index contributed by atoms with van der Waals surface area (Å²) in [6, 6.07) is 26.3. The molecule has 0 radical (unpaired) electrons. The van der Waals surface area contributed by atoms with Crippen molar-refractivity contribution in [2.75, 3.05) is 22.3 Å². The van der Waals surface area contributed by atoms with E-state index in [1.807, 2.05) is 54.6 Å². The Labute approximate surface area is 332 Å². The number of amides is 1. The van der Waals surface area contributed by atoms with Crippen molar-refractivity contribution < 1.29 is 30.0 Å². The first-order chi connectivity index (χ1) is 26.3. The fourth-order valence-electron chi connectivity index (χ4n) is 7.37. The van der Waals surface area contributed by atoms with Gasteiger partial charge in [0.2, 0.25) is 36.0 Å². The van der Waals surface area contributed by atoms with Crippen molar-refractivity contribution in [2.24, 2.45) is 5.92 Å². The van der Waals surface area contributed by atoms with Gasteiger partial charge in [0.25, 0.3) is 0 Å².